The van der Waals surface area contributed by atoms with E-state index in [9.17, 15) is 14.7 Å². The predicted octanol–water partition coefficient (Wildman–Crippen LogP) is 5.98. The molecule has 0 spiro atoms. The number of carboxylic acids is 1. The Morgan fingerprint density at radius 2 is 1.91 bits per heavy atom. The minimum Gasteiger partial charge on any atom is -0.481 e. The van der Waals surface area contributed by atoms with Crippen molar-refractivity contribution in [3.05, 3.63) is 46.3 Å². The van der Waals surface area contributed by atoms with Crippen LogP contribution in [-0.2, 0) is 16.0 Å². The lowest BCUT2D eigenvalue weighted by Gasteiger charge is -2.35. The van der Waals surface area contributed by atoms with Crippen LogP contribution < -0.4 is 5.32 Å². The monoisotopic (exact) mass is 452 g/mol. The van der Waals surface area contributed by atoms with E-state index < -0.39 is 11.9 Å². The molecule has 2 aliphatic carbocycles. The fraction of sp³-hybridized carbons (Fsp3) is 0.593. The highest BCUT2D eigenvalue weighted by Crippen LogP contribution is 2.51. The zero-order valence-electron chi connectivity index (χ0n) is 20.2. The van der Waals surface area contributed by atoms with Gasteiger partial charge in [-0.1, -0.05) is 36.7 Å². The number of aromatic nitrogens is 1. The summed E-state index contributed by atoms with van der Waals surface area (Å²) in [6.45, 7) is 8.47. The van der Waals surface area contributed by atoms with Crippen molar-refractivity contribution in [2.45, 2.75) is 84.5 Å². The average molecular weight is 453 g/mol. The molecule has 33 heavy (non-hydrogen) atoms. The molecule has 2 saturated carbocycles. The minimum atomic E-state index is -0.983. The third kappa shape index (κ3) is 5.66. The van der Waals surface area contributed by atoms with Gasteiger partial charge in [-0.3, -0.25) is 9.59 Å². The summed E-state index contributed by atoms with van der Waals surface area (Å²) in [5.41, 5.74) is 4.73. The summed E-state index contributed by atoms with van der Waals surface area (Å²) in [6, 6.07) is 5.81. The smallest absolute Gasteiger partial charge is 0.304 e. The van der Waals surface area contributed by atoms with Crippen molar-refractivity contribution in [1.82, 2.24) is 5.16 Å². The third-order valence-electron chi connectivity index (χ3n) is 7.10. The number of rotatable bonds is 10. The Balaban J connectivity index is 1.50. The molecule has 178 valence electrons. The number of benzene rings is 1. The van der Waals surface area contributed by atoms with Gasteiger partial charge in [-0.15, -0.1) is 0 Å². The number of nitrogens with one attached hydrogen (secondary N) is 1. The lowest BCUT2D eigenvalue weighted by atomic mass is 9.69. The van der Waals surface area contributed by atoms with Crippen molar-refractivity contribution in [3.63, 3.8) is 0 Å². The first kappa shape index (κ1) is 23.5. The number of nitrogens with zero attached hydrogens (tertiary/aromatic N) is 1. The maximum absolute atomic E-state index is 13.1. The highest BCUT2D eigenvalue weighted by molar-refractivity contribution is 5.95. The molecule has 6 heteroatoms. The van der Waals surface area contributed by atoms with Gasteiger partial charge in [0.2, 0.25) is 5.91 Å². The van der Waals surface area contributed by atoms with Crippen molar-refractivity contribution >= 4 is 17.6 Å². The number of carbonyl (C=O) groups is 2. The standard InChI is InChI=1S/C27H36N2O4/c1-15(2)9-18-11-20(12-18)26-25(19-6-7-19)23(29-33-26)13-21(14-24(30)31)27(32)28-22-8-5-16(3)10-17(22)4/h5,8,10,15,18-21H,6-7,9,11-14H2,1-4H3,(H,28,32)(H,30,31)/t18?,20?,21-/m1/s1. The SMILES string of the molecule is Cc1ccc(NC(=O)[C@@H](CC(=O)O)Cc2noc(C3CC(CC(C)C)C3)c2C2CC2)c(C)c1. The van der Waals surface area contributed by atoms with Crippen LogP contribution in [-0.4, -0.2) is 22.1 Å². The highest BCUT2D eigenvalue weighted by Gasteiger charge is 2.41. The van der Waals surface area contributed by atoms with E-state index in [1.807, 2.05) is 32.0 Å². The van der Waals surface area contributed by atoms with Gasteiger partial charge in [-0.2, -0.15) is 0 Å². The molecule has 2 aliphatic rings. The second-order valence-electron chi connectivity index (χ2n) is 10.7. The number of carbonyl (C=O) groups excluding carboxylic acids is 1. The normalized spacial score (nSPS) is 21.0. The topological polar surface area (TPSA) is 92.4 Å². The number of hydrogen-bond acceptors (Lipinski definition) is 4. The van der Waals surface area contributed by atoms with Crippen molar-refractivity contribution < 1.29 is 19.2 Å². The maximum Gasteiger partial charge on any atom is 0.304 e. The molecule has 4 rings (SSSR count). The molecule has 0 saturated heterocycles. The molecule has 0 aliphatic heterocycles. The molecular weight excluding hydrogens is 416 g/mol. The second-order valence-corrected chi connectivity index (χ2v) is 10.7. The molecule has 2 aromatic rings. The molecule has 6 nitrogen and oxygen atoms in total. The van der Waals surface area contributed by atoms with E-state index in [-0.39, 0.29) is 12.3 Å². The molecule has 0 radical (unpaired) electrons. The number of aryl methyl sites for hydroxylation is 2. The lowest BCUT2D eigenvalue weighted by Crippen LogP contribution is -2.28. The lowest BCUT2D eigenvalue weighted by molar-refractivity contribution is -0.140. The van der Waals surface area contributed by atoms with E-state index in [2.05, 4.69) is 24.3 Å². The summed E-state index contributed by atoms with van der Waals surface area (Å²) in [5.74, 6) is 1.34. The number of aliphatic carboxylic acids is 1. The van der Waals surface area contributed by atoms with Crippen LogP contribution in [0, 0.1) is 31.6 Å². The van der Waals surface area contributed by atoms with E-state index >= 15 is 0 Å². The van der Waals surface area contributed by atoms with Crippen molar-refractivity contribution in [3.8, 4) is 0 Å². The molecule has 1 heterocycles. The minimum absolute atomic E-state index is 0.233. The zero-order valence-corrected chi connectivity index (χ0v) is 20.2. The quantitative estimate of drug-likeness (QED) is 0.462. The van der Waals surface area contributed by atoms with Crippen LogP contribution in [0.5, 0.6) is 0 Å². The van der Waals surface area contributed by atoms with Gasteiger partial charge in [-0.25, -0.2) is 0 Å². The van der Waals surface area contributed by atoms with Crippen LogP contribution in [0.15, 0.2) is 22.7 Å². The predicted molar refractivity (Wildman–Crippen MR) is 127 cm³/mol. The average Bonchev–Trinajstić information content (AvgIpc) is 3.46. The second kappa shape index (κ2) is 9.70. The fourth-order valence-electron chi connectivity index (χ4n) is 5.29. The molecular formula is C27H36N2O4. The van der Waals surface area contributed by atoms with Gasteiger partial charge in [0.15, 0.2) is 0 Å². The van der Waals surface area contributed by atoms with Gasteiger partial charge in [-0.05, 0) is 75.3 Å². The van der Waals surface area contributed by atoms with Gasteiger partial charge in [0.25, 0.3) is 0 Å². The van der Waals surface area contributed by atoms with Gasteiger partial charge >= 0.3 is 5.97 Å². The van der Waals surface area contributed by atoms with E-state index in [1.54, 1.807) is 0 Å². The zero-order chi connectivity index (χ0) is 23.7. The van der Waals surface area contributed by atoms with E-state index in [0.717, 1.165) is 65.4 Å². The van der Waals surface area contributed by atoms with Crippen molar-refractivity contribution in [1.29, 1.82) is 0 Å². The molecule has 2 N–H and O–H groups in total. The first-order chi connectivity index (χ1) is 15.7. The van der Waals surface area contributed by atoms with Gasteiger partial charge in [0.1, 0.15) is 5.76 Å². The van der Waals surface area contributed by atoms with Crippen LogP contribution in [0.1, 0.15) is 92.4 Å². The molecule has 0 bridgehead atoms. The van der Waals surface area contributed by atoms with Crippen LogP contribution in [0.4, 0.5) is 5.69 Å². The largest absolute Gasteiger partial charge is 0.481 e. The van der Waals surface area contributed by atoms with E-state index in [0.29, 0.717) is 24.2 Å². The van der Waals surface area contributed by atoms with Crippen LogP contribution in [0.2, 0.25) is 0 Å². The summed E-state index contributed by atoms with van der Waals surface area (Å²) in [4.78, 5) is 24.7. The first-order valence-corrected chi connectivity index (χ1v) is 12.3. The Morgan fingerprint density at radius 3 is 2.52 bits per heavy atom. The highest BCUT2D eigenvalue weighted by atomic mass is 16.5. The Hall–Kier alpha value is -2.63. The number of carboxylic acid groups (broad SMARTS) is 1. The Morgan fingerprint density at radius 1 is 1.18 bits per heavy atom. The summed E-state index contributed by atoms with van der Waals surface area (Å²) < 4.78 is 5.86. The molecule has 1 aromatic heterocycles. The first-order valence-electron chi connectivity index (χ1n) is 12.3. The van der Waals surface area contributed by atoms with Gasteiger partial charge in [0.05, 0.1) is 18.0 Å². The maximum atomic E-state index is 13.1. The van der Waals surface area contributed by atoms with E-state index in [4.69, 9.17) is 4.52 Å². The van der Waals surface area contributed by atoms with Crippen LogP contribution >= 0.6 is 0 Å². The Kier molecular flexibility index (Phi) is 6.91. The summed E-state index contributed by atoms with van der Waals surface area (Å²) >= 11 is 0. The number of hydrogen-bond donors (Lipinski definition) is 2. The Labute approximate surface area is 196 Å². The molecule has 1 atom stereocenters. The van der Waals surface area contributed by atoms with Crippen LogP contribution in [0.3, 0.4) is 0 Å². The molecule has 2 fully saturated rings. The summed E-state index contributed by atoms with van der Waals surface area (Å²) in [6.07, 6.45) is 5.80. The molecule has 0 unspecified atom stereocenters. The number of amides is 1. The molecule has 1 amide bonds. The van der Waals surface area contributed by atoms with Crippen molar-refractivity contribution in [2.75, 3.05) is 5.32 Å². The van der Waals surface area contributed by atoms with Gasteiger partial charge < -0.3 is 14.9 Å². The summed E-state index contributed by atoms with van der Waals surface area (Å²) in [5, 5.41) is 16.8. The van der Waals surface area contributed by atoms with E-state index in [1.165, 1.54) is 6.42 Å². The van der Waals surface area contributed by atoms with Crippen LogP contribution in [0.25, 0.3) is 0 Å². The third-order valence-corrected chi connectivity index (χ3v) is 7.10. The van der Waals surface area contributed by atoms with Crippen molar-refractivity contribution in [2.24, 2.45) is 17.8 Å². The Bertz CT molecular complexity index is 1020. The number of anilines is 1. The fourth-order valence-corrected chi connectivity index (χ4v) is 5.29. The van der Waals surface area contributed by atoms with Gasteiger partial charge in [0, 0.05) is 23.6 Å². The summed E-state index contributed by atoms with van der Waals surface area (Å²) in [7, 11) is 0. The molecule has 1 aromatic carbocycles.